The fraction of sp³-hybridized carbons (Fsp3) is 0.500. The van der Waals surface area contributed by atoms with Crippen LogP contribution in [0.5, 0.6) is 0 Å². The number of nitrogens with zero attached hydrogens (tertiary/aromatic N) is 1. The highest BCUT2D eigenvalue weighted by Gasteiger charge is 2.34. The Bertz CT molecular complexity index is 490. The molecule has 1 amide bonds. The Hall–Kier alpha value is -1.76. The Morgan fingerprint density at radius 2 is 2.05 bits per heavy atom. The van der Waals surface area contributed by atoms with E-state index in [1.807, 2.05) is 0 Å². The molecule has 0 aromatic heterocycles. The predicted molar refractivity (Wildman–Crippen MR) is 74.4 cm³/mol. The van der Waals surface area contributed by atoms with Gasteiger partial charge < -0.3 is 15.0 Å². The first kappa shape index (κ1) is 17.3. The molecule has 1 aromatic rings. The van der Waals surface area contributed by atoms with Gasteiger partial charge in [0.1, 0.15) is 0 Å². The Morgan fingerprint density at radius 1 is 1.38 bits per heavy atom. The summed E-state index contributed by atoms with van der Waals surface area (Å²) in [4.78, 5) is 13.4. The quantitative estimate of drug-likeness (QED) is 0.878. The van der Waals surface area contributed by atoms with Gasteiger partial charge in [-0.15, -0.1) is 0 Å². The SMILES string of the molecule is CCNc1ccc(C(=O)N(C)CCOC)cc1C(F)(F)F. The minimum Gasteiger partial charge on any atom is -0.385 e. The van der Waals surface area contributed by atoms with E-state index in [4.69, 9.17) is 4.74 Å². The molecule has 0 aliphatic rings. The number of methoxy groups -OCH3 is 1. The van der Waals surface area contributed by atoms with Gasteiger partial charge in [-0.1, -0.05) is 0 Å². The van der Waals surface area contributed by atoms with Crippen LogP contribution in [0.4, 0.5) is 18.9 Å². The molecule has 0 radical (unpaired) electrons. The minimum atomic E-state index is -4.51. The molecule has 0 aliphatic heterocycles. The maximum absolute atomic E-state index is 13.0. The van der Waals surface area contributed by atoms with Crippen molar-refractivity contribution in [1.82, 2.24) is 4.90 Å². The van der Waals surface area contributed by atoms with Crippen LogP contribution in [0, 0.1) is 0 Å². The van der Waals surface area contributed by atoms with Gasteiger partial charge in [0.25, 0.3) is 5.91 Å². The molecule has 0 aliphatic carbocycles. The van der Waals surface area contributed by atoms with Crippen LogP contribution in [0.25, 0.3) is 0 Å². The molecule has 0 saturated heterocycles. The minimum absolute atomic E-state index is 0.00239. The van der Waals surface area contributed by atoms with Crippen LogP contribution in [-0.2, 0) is 10.9 Å². The summed E-state index contributed by atoms with van der Waals surface area (Å²) in [7, 11) is 3.01. The molecule has 0 unspecified atom stereocenters. The highest BCUT2D eigenvalue weighted by molar-refractivity contribution is 5.94. The summed E-state index contributed by atoms with van der Waals surface area (Å²) in [6.45, 7) is 2.71. The van der Waals surface area contributed by atoms with Crippen LogP contribution < -0.4 is 5.32 Å². The molecule has 21 heavy (non-hydrogen) atoms. The second-order valence-corrected chi connectivity index (χ2v) is 4.51. The van der Waals surface area contributed by atoms with Crippen LogP contribution in [-0.4, -0.2) is 44.7 Å². The van der Waals surface area contributed by atoms with Gasteiger partial charge in [-0.05, 0) is 25.1 Å². The first-order valence-corrected chi connectivity index (χ1v) is 6.50. The molecule has 1 N–H and O–H groups in total. The molecule has 1 aromatic carbocycles. The molecule has 0 saturated carbocycles. The number of ether oxygens (including phenoxy) is 1. The number of amides is 1. The lowest BCUT2D eigenvalue weighted by Gasteiger charge is -2.19. The van der Waals surface area contributed by atoms with Crippen molar-refractivity contribution in [3.05, 3.63) is 29.3 Å². The van der Waals surface area contributed by atoms with E-state index in [2.05, 4.69) is 5.32 Å². The Kier molecular flexibility index (Phi) is 6.02. The lowest BCUT2D eigenvalue weighted by molar-refractivity contribution is -0.137. The van der Waals surface area contributed by atoms with Gasteiger partial charge in [-0.25, -0.2) is 0 Å². The number of halogens is 3. The highest BCUT2D eigenvalue weighted by Crippen LogP contribution is 2.35. The third-order valence-corrected chi connectivity index (χ3v) is 2.92. The molecule has 1 rings (SSSR count). The number of hydrogen-bond donors (Lipinski definition) is 1. The van der Waals surface area contributed by atoms with E-state index in [0.29, 0.717) is 19.7 Å². The van der Waals surface area contributed by atoms with Crippen molar-refractivity contribution in [2.24, 2.45) is 0 Å². The third-order valence-electron chi connectivity index (χ3n) is 2.92. The average molecular weight is 304 g/mol. The molecule has 0 spiro atoms. The number of benzene rings is 1. The zero-order valence-corrected chi connectivity index (χ0v) is 12.3. The molecule has 0 atom stereocenters. The van der Waals surface area contributed by atoms with E-state index >= 15 is 0 Å². The summed E-state index contributed by atoms with van der Waals surface area (Å²) in [6, 6.07) is 3.55. The predicted octanol–water partition coefficient (Wildman–Crippen LogP) is 2.86. The van der Waals surface area contributed by atoms with Crippen molar-refractivity contribution < 1.29 is 22.7 Å². The van der Waals surface area contributed by atoms with Gasteiger partial charge in [0.05, 0.1) is 12.2 Å². The lowest BCUT2D eigenvalue weighted by Crippen LogP contribution is -2.30. The Balaban J connectivity index is 3.07. The second kappa shape index (κ2) is 7.31. The van der Waals surface area contributed by atoms with Gasteiger partial charge in [-0.3, -0.25) is 4.79 Å². The molecule has 7 heteroatoms. The molecule has 118 valence electrons. The first-order chi connectivity index (χ1) is 9.81. The molecule has 0 fully saturated rings. The summed E-state index contributed by atoms with van der Waals surface area (Å²) in [5.41, 5.74) is -0.862. The topological polar surface area (TPSA) is 41.6 Å². The highest BCUT2D eigenvalue weighted by atomic mass is 19.4. The zero-order valence-electron chi connectivity index (χ0n) is 12.3. The second-order valence-electron chi connectivity index (χ2n) is 4.51. The molecule has 0 bridgehead atoms. The summed E-state index contributed by atoms with van der Waals surface area (Å²) in [5, 5.41) is 2.65. The monoisotopic (exact) mass is 304 g/mol. The fourth-order valence-corrected chi connectivity index (χ4v) is 1.81. The molecule has 4 nitrogen and oxygen atoms in total. The summed E-state index contributed by atoms with van der Waals surface area (Å²) < 4.78 is 43.9. The van der Waals surface area contributed by atoms with Crippen molar-refractivity contribution in [3.63, 3.8) is 0 Å². The van der Waals surface area contributed by atoms with Gasteiger partial charge >= 0.3 is 6.18 Å². The maximum Gasteiger partial charge on any atom is 0.418 e. The van der Waals surface area contributed by atoms with Gasteiger partial charge in [0, 0.05) is 38.5 Å². The van der Waals surface area contributed by atoms with Crippen molar-refractivity contribution in [3.8, 4) is 0 Å². The number of nitrogens with one attached hydrogen (secondary N) is 1. The molecule has 0 heterocycles. The maximum atomic E-state index is 13.0. The largest absolute Gasteiger partial charge is 0.418 e. The number of carbonyl (C=O) groups excluding carboxylic acids is 1. The zero-order chi connectivity index (χ0) is 16.0. The van der Waals surface area contributed by atoms with Crippen molar-refractivity contribution >= 4 is 11.6 Å². The van der Waals surface area contributed by atoms with Gasteiger partial charge in [-0.2, -0.15) is 13.2 Å². The van der Waals surface area contributed by atoms with Crippen LogP contribution in [0.3, 0.4) is 0 Å². The van der Waals surface area contributed by atoms with Crippen molar-refractivity contribution in [2.75, 3.05) is 39.2 Å². The van der Waals surface area contributed by atoms with Crippen LogP contribution >= 0.6 is 0 Å². The average Bonchev–Trinajstić information content (AvgIpc) is 2.43. The van der Waals surface area contributed by atoms with E-state index in [0.717, 1.165) is 6.07 Å². The lowest BCUT2D eigenvalue weighted by atomic mass is 10.1. The number of hydrogen-bond acceptors (Lipinski definition) is 3. The molecular weight excluding hydrogens is 285 g/mol. The fourth-order valence-electron chi connectivity index (χ4n) is 1.81. The number of likely N-dealkylation sites (N-methyl/N-ethyl adjacent to an activating group) is 1. The normalized spacial score (nSPS) is 11.3. The first-order valence-electron chi connectivity index (χ1n) is 6.50. The summed E-state index contributed by atoms with van der Waals surface area (Å²) in [6.07, 6.45) is -4.51. The smallest absolute Gasteiger partial charge is 0.385 e. The summed E-state index contributed by atoms with van der Waals surface area (Å²) >= 11 is 0. The van der Waals surface area contributed by atoms with Crippen molar-refractivity contribution in [2.45, 2.75) is 13.1 Å². The standard InChI is InChI=1S/C14H19F3N2O2/c1-4-18-12-6-5-10(9-11(12)14(15,16)17)13(20)19(2)7-8-21-3/h5-6,9,18H,4,7-8H2,1-3H3. The van der Waals surface area contributed by atoms with Crippen LogP contribution in [0.1, 0.15) is 22.8 Å². The Labute approximate surface area is 121 Å². The van der Waals surface area contributed by atoms with Crippen LogP contribution in [0.2, 0.25) is 0 Å². The summed E-state index contributed by atoms with van der Waals surface area (Å²) in [5.74, 6) is -0.472. The van der Waals surface area contributed by atoms with Crippen molar-refractivity contribution in [1.29, 1.82) is 0 Å². The van der Waals surface area contributed by atoms with E-state index in [1.54, 1.807) is 6.92 Å². The molecular formula is C14H19F3N2O2. The third kappa shape index (κ3) is 4.63. The number of anilines is 1. The van der Waals surface area contributed by atoms with Gasteiger partial charge in [0.2, 0.25) is 0 Å². The number of carbonyl (C=O) groups is 1. The Morgan fingerprint density at radius 3 is 2.57 bits per heavy atom. The van der Waals surface area contributed by atoms with E-state index in [9.17, 15) is 18.0 Å². The number of alkyl halides is 3. The van der Waals surface area contributed by atoms with Gasteiger partial charge in [0.15, 0.2) is 0 Å². The number of rotatable bonds is 6. The van der Waals surface area contributed by atoms with E-state index in [-0.39, 0.29) is 11.3 Å². The van der Waals surface area contributed by atoms with Crippen LogP contribution in [0.15, 0.2) is 18.2 Å². The van der Waals surface area contributed by atoms with E-state index < -0.39 is 17.6 Å². The van der Waals surface area contributed by atoms with E-state index in [1.165, 1.54) is 31.2 Å².